The summed E-state index contributed by atoms with van der Waals surface area (Å²) in [6, 6.07) is 14.7. The molecule has 94 valence electrons. The van der Waals surface area contributed by atoms with Crippen LogP contribution in [0.3, 0.4) is 0 Å². The molecule has 0 radical (unpaired) electrons. The largest absolute Gasteiger partial charge is 0.496 e. The van der Waals surface area contributed by atoms with E-state index in [0.717, 1.165) is 5.56 Å². The maximum Gasteiger partial charge on any atom is 0.231 e. The molecule has 2 aromatic rings. The lowest BCUT2D eigenvalue weighted by Gasteiger charge is -2.04. The van der Waals surface area contributed by atoms with E-state index in [4.69, 9.17) is 9.47 Å². The van der Waals surface area contributed by atoms with Crippen LogP contribution < -0.4 is 9.47 Å². The first-order valence-electron chi connectivity index (χ1n) is 5.96. The van der Waals surface area contributed by atoms with Gasteiger partial charge in [0.15, 0.2) is 5.76 Å². The van der Waals surface area contributed by atoms with Crippen LogP contribution in [0.25, 0.3) is 6.08 Å². The van der Waals surface area contributed by atoms with Gasteiger partial charge < -0.3 is 9.47 Å². The highest BCUT2D eigenvalue weighted by Crippen LogP contribution is 2.32. The van der Waals surface area contributed by atoms with Crippen molar-refractivity contribution >= 4 is 11.9 Å². The molecule has 3 heteroatoms. The topological polar surface area (TPSA) is 35.5 Å². The summed E-state index contributed by atoms with van der Waals surface area (Å²) in [5, 5.41) is 0. The molecular weight excluding hydrogens is 240 g/mol. The predicted molar refractivity (Wildman–Crippen MR) is 72.4 cm³/mol. The lowest BCUT2D eigenvalue weighted by molar-refractivity contribution is 0.101. The predicted octanol–water partition coefficient (Wildman–Crippen LogP) is 3.31. The van der Waals surface area contributed by atoms with Crippen molar-refractivity contribution in [1.82, 2.24) is 0 Å². The summed E-state index contributed by atoms with van der Waals surface area (Å²) in [6.07, 6.45) is 1.71. The number of allylic oxidation sites excluding steroid dienone is 1. The molecule has 0 N–H and O–H groups in total. The van der Waals surface area contributed by atoms with Crippen molar-refractivity contribution in [3.05, 3.63) is 65.4 Å². The van der Waals surface area contributed by atoms with Crippen molar-refractivity contribution in [2.24, 2.45) is 0 Å². The molecule has 0 fully saturated rings. The maximum atomic E-state index is 12.2. The third-order valence-corrected chi connectivity index (χ3v) is 3.00. The fourth-order valence-electron chi connectivity index (χ4n) is 2.06. The molecule has 0 bridgehead atoms. The van der Waals surface area contributed by atoms with Gasteiger partial charge in [-0.1, -0.05) is 30.3 Å². The Labute approximate surface area is 111 Å². The van der Waals surface area contributed by atoms with E-state index in [0.29, 0.717) is 22.8 Å². The first-order valence-corrected chi connectivity index (χ1v) is 5.96. The van der Waals surface area contributed by atoms with Gasteiger partial charge in [-0.3, -0.25) is 4.79 Å². The van der Waals surface area contributed by atoms with Crippen molar-refractivity contribution in [2.75, 3.05) is 7.11 Å². The Balaban J connectivity index is 2.01. The Bertz CT molecular complexity index is 671. The van der Waals surface area contributed by atoms with E-state index in [1.807, 2.05) is 36.4 Å². The molecular formula is C16H12O3. The second-order valence-electron chi connectivity index (χ2n) is 4.18. The zero-order valence-electron chi connectivity index (χ0n) is 10.4. The van der Waals surface area contributed by atoms with Crippen LogP contribution in [0.1, 0.15) is 15.9 Å². The minimum atomic E-state index is -0.0958. The number of methoxy groups -OCH3 is 1. The maximum absolute atomic E-state index is 12.2. The highest BCUT2D eigenvalue weighted by atomic mass is 16.5. The smallest absolute Gasteiger partial charge is 0.231 e. The van der Waals surface area contributed by atoms with Crippen molar-refractivity contribution < 1.29 is 14.3 Å². The number of para-hydroxylation sites is 2. The lowest BCUT2D eigenvalue weighted by Crippen LogP contribution is -1.98. The van der Waals surface area contributed by atoms with Crippen LogP contribution in [0.15, 0.2) is 54.3 Å². The van der Waals surface area contributed by atoms with Crippen molar-refractivity contribution in [1.29, 1.82) is 0 Å². The summed E-state index contributed by atoms with van der Waals surface area (Å²) in [5.41, 5.74) is 1.42. The Morgan fingerprint density at radius 3 is 2.58 bits per heavy atom. The third kappa shape index (κ3) is 1.99. The van der Waals surface area contributed by atoms with Crippen LogP contribution in [-0.4, -0.2) is 12.9 Å². The van der Waals surface area contributed by atoms with Crippen molar-refractivity contribution in [3.63, 3.8) is 0 Å². The van der Waals surface area contributed by atoms with Gasteiger partial charge in [0.1, 0.15) is 11.5 Å². The van der Waals surface area contributed by atoms with E-state index >= 15 is 0 Å². The molecule has 0 amide bonds. The minimum absolute atomic E-state index is 0.0958. The van der Waals surface area contributed by atoms with Gasteiger partial charge in [0.05, 0.1) is 12.7 Å². The zero-order valence-corrected chi connectivity index (χ0v) is 10.4. The Morgan fingerprint density at radius 1 is 1.05 bits per heavy atom. The number of Topliss-reactive ketones (excluding diaryl/α,β-unsaturated/α-hetero) is 1. The summed E-state index contributed by atoms with van der Waals surface area (Å²) < 4.78 is 10.8. The molecule has 3 rings (SSSR count). The van der Waals surface area contributed by atoms with Gasteiger partial charge in [-0.2, -0.15) is 0 Å². The Morgan fingerprint density at radius 2 is 1.79 bits per heavy atom. The number of fused-ring (bicyclic) bond motifs is 1. The number of ketones is 1. The minimum Gasteiger partial charge on any atom is -0.496 e. The van der Waals surface area contributed by atoms with E-state index < -0.39 is 0 Å². The number of hydrogen-bond donors (Lipinski definition) is 0. The first-order chi connectivity index (χ1) is 9.29. The fraction of sp³-hybridized carbons (Fsp3) is 0.0625. The third-order valence-electron chi connectivity index (χ3n) is 3.00. The molecule has 19 heavy (non-hydrogen) atoms. The molecule has 0 saturated carbocycles. The zero-order chi connectivity index (χ0) is 13.2. The summed E-state index contributed by atoms with van der Waals surface area (Å²) in [5.74, 6) is 1.54. The second-order valence-corrected chi connectivity index (χ2v) is 4.18. The SMILES string of the molecule is COc1ccccc1/C=C1\Oc2ccccc2C1=O. The number of carbonyl (C=O) groups excluding carboxylic acids is 1. The van der Waals surface area contributed by atoms with Gasteiger partial charge in [0.2, 0.25) is 5.78 Å². The quantitative estimate of drug-likeness (QED) is 0.769. The normalized spacial score (nSPS) is 15.2. The van der Waals surface area contributed by atoms with Crippen LogP contribution in [0.5, 0.6) is 11.5 Å². The Kier molecular flexibility index (Phi) is 2.80. The van der Waals surface area contributed by atoms with Gasteiger partial charge >= 0.3 is 0 Å². The summed E-state index contributed by atoms with van der Waals surface area (Å²) in [7, 11) is 1.60. The Hall–Kier alpha value is -2.55. The fourth-order valence-corrected chi connectivity index (χ4v) is 2.06. The monoisotopic (exact) mass is 252 g/mol. The van der Waals surface area contributed by atoms with Gasteiger partial charge in [-0.15, -0.1) is 0 Å². The van der Waals surface area contributed by atoms with E-state index in [2.05, 4.69) is 0 Å². The summed E-state index contributed by atoms with van der Waals surface area (Å²) in [4.78, 5) is 12.2. The summed E-state index contributed by atoms with van der Waals surface area (Å²) >= 11 is 0. The number of rotatable bonds is 2. The lowest BCUT2D eigenvalue weighted by atomic mass is 10.1. The average molecular weight is 252 g/mol. The molecule has 3 nitrogen and oxygen atoms in total. The van der Waals surface area contributed by atoms with Crippen LogP contribution >= 0.6 is 0 Å². The first kappa shape index (κ1) is 11.5. The highest BCUT2D eigenvalue weighted by molar-refractivity contribution is 6.14. The summed E-state index contributed by atoms with van der Waals surface area (Å²) in [6.45, 7) is 0. The molecule has 0 atom stereocenters. The standard InChI is InChI=1S/C16H12O3/c1-18-13-8-4-2-6-11(13)10-15-16(17)12-7-3-5-9-14(12)19-15/h2-10H,1H3/b15-10-. The van der Waals surface area contributed by atoms with E-state index in [9.17, 15) is 4.79 Å². The number of benzene rings is 2. The highest BCUT2D eigenvalue weighted by Gasteiger charge is 2.26. The van der Waals surface area contributed by atoms with Crippen molar-refractivity contribution in [3.8, 4) is 11.5 Å². The van der Waals surface area contributed by atoms with Crippen LogP contribution in [0, 0.1) is 0 Å². The molecule has 2 aromatic carbocycles. The van der Waals surface area contributed by atoms with Gasteiger partial charge in [-0.05, 0) is 24.3 Å². The van der Waals surface area contributed by atoms with Crippen LogP contribution in [0.4, 0.5) is 0 Å². The van der Waals surface area contributed by atoms with E-state index in [1.165, 1.54) is 0 Å². The molecule has 1 aliphatic heterocycles. The molecule has 0 saturated heterocycles. The average Bonchev–Trinajstić information content (AvgIpc) is 2.77. The van der Waals surface area contributed by atoms with Crippen LogP contribution in [0.2, 0.25) is 0 Å². The van der Waals surface area contributed by atoms with Gasteiger partial charge in [-0.25, -0.2) is 0 Å². The second kappa shape index (κ2) is 4.61. The molecule has 0 aromatic heterocycles. The van der Waals surface area contributed by atoms with Gasteiger partial charge in [0.25, 0.3) is 0 Å². The number of hydrogen-bond acceptors (Lipinski definition) is 3. The van der Waals surface area contributed by atoms with Crippen molar-refractivity contribution in [2.45, 2.75) is 0 Å². The van der Waals surface area contributed by atoms with E-state index in [1.54, 1.807) is 25.3 Å². The van der Waals surface area contributed by atoms with Gasteiger partial charge in [0, 0.05) is 5.56 Å². The molecule has 0 unspecified atom stereocenters. The van der Waals surface area contributed by atoms with Crippen LogP contribution in [-0.2, 0) is 0 Å². The number of ether oxygens (including phenoxy) is 2. The number of carbonyl (C=O) groups is 1. The van der Waals surface area contributed by atoms with E-state index in [-0.39, 0.29) is 5.78 Å². The molecule has 1 heterocycles. The molecule has 0 aliphatic carbocycles. The molecule has 1 aliphatic rings. The molecule has 0 spiro atoms.